The molecule has 10 aliphatic carbocycles. The molecule has 15 heterocycles. The molecule has 26 nitrogen and oxygen atoms in total. The summed E-state index contributed by atoms with van der Waals surface area (Å²) in [5.41, 5.74) is 12.4. The standard InChI is InChI=1S/C22H29NO4.C21H27NO5.2C21H27NO4.C20H25NO4/c1-12-13(2)27-22(26-12)8-7-15-16-11-14-5-6-17(24-4)19-18(14)21(15,20(22)25-19)9-10-23(16)3;1-22-9-8-19-16-13-4-5-14(24-2)17(16)27-18(19)21(25-10-3-11-26-21)7-6-20(19,23)15(22)12-13;1-12-11-24-21(26-12)7-6-14-15-10-13-4-5-16(23-3)18-17(13)20(14,19(21)25-18)8-9-22(15)2;1-22-9-8-20-14-6-7-21(24-10-3-11-25-21)19(20)26-18-16(23-2)5-4-13(17(18)20)12-15(14)22;1-21-8-7-19-13-5-6-20(23-9-10-24-20)18(19)25-17-15(22-2)4-3-12(16(17)19)11-14(13)21/h5-6,12-13,15-16,20H,7-11H2,1-4H3;4-5,15,18,23H,3,6-12H2,1-2H3;4-5,12,14-15,19H,6-11H2,1-3H3;4-5,14-15,19H,3,6-12H2,1-2H3;3-4,13-14,18H,5-11H2,1-2H3/t12?,13?,15?,16-,20-,21+,22?;15-,18-,19+,20?;12?,14?,15-,19-,20+,21?;14?,15-,19-,20+;13?,14-,18-,19+/m11111/s1. The molecule has 15 aliphatic heterocycles. The Morgan fingerprint density at radius 3 is 0.992 bits per heavy atom. The molecule has 10 spiro atoms. The highest BCUT2D eigenvalue weighted by Gasteiger charge is 2.80. The van der Waals surface area contributed by atoms with Crippen LogP contribution in [0.1, 0.15) is 186 Å². The minimum absolute atomic E-state index is 0.00303. The van der Waals surface area contributed by atoms with Crippen molar-refractivity contribution in [2.45, 2.75) is 303 Å². The van der Waals surface area contributed by atoms with E-state index >= 15 is 0 Å². The molecule has 15 fully saturated rings. The summed E-state index contributed by atoms with van der Waals surface area (Å²) in [5, 5.41) is 12.2. The number of benzene rings is 5. The van der Waals surface area contributed by atoms with Crippen molar-refractivity contribution in [2.24, 2.45) is 23.7 Å². The van der Waals surface area contributed by atoms with Crippen molar-refractivity contribution in [3.63, 3.8) is 0 Å². The third kappa shape index (κ3) is 10.9. The van der Waals surface area contributed by atoms with Crippen LogP contribution in [0.25, 0.3) is 0 Å². The van der Waals surface area contributed by atoms with E-state index in [1.54, 1.807) is 35.5 Å². The number of aliphatic hydroxyl groups is 1. The van der Waals surface area contributed by atoms with E-state index in [4.69, 9.17) is 94.7 Å². The lowest BCUT2D eigenvalue weighted by atomic mass is 9.48. The zero-order valence-corrected chi connectivity index (χ0v) is 79.0. The molecule has 5 aromatic carbocycles. The lowest BCUT2D eigenvalue weighted by Gasteiger charge is -2.65. The van der Waals surface area contributed by atoms with E-state index in [9.17, 15) is 5.11 Å². The quantitative estimate of drug-likeness (QED) is 0.173. The number of ether oxygens (including phenoxy) is 20. The first-order valence-corrected chi connectivity index (χ1v) is 50.1. The smallest absolute Gasteiger partial charge is 0.207 e. The van der Waals surface area contributed by atoms with Crippen LogP contribution in [0.2, 0.25) is 0 Å². The van der Waals surface area contributed by atoms with Gasteiger partial charge in [-0.15, -0.1) is 0 Å². The van der Waals surface area contributed by atoms with Gasteiger partial charge in [0.25, 0.3) is 0 Å². The number of fused-ring (bicyclic) bond motifs is 5. The Morgan fingerprint density at radius 1 is 0.313 bits per heavy atom. The Hall–Kier alpha value is -6.54. The van der Waals surface area contributed by atoms with Gasteiger partial charge in [-0.25, -0.2) is 0 Å². The normalized spacial score (nSPS) is 42.7. The first-order chi connectivity index (χ1) is 63.5. The van der Waals surface area contributed by atoms with E-state index in [2.05, 4.69) is 135 Å². The molecule has 0 aromatic heterocycles. The van der Waals surface area contributed by atoms with Crippen molar-refractivity contribution < 1.29 is 99.8 Å². The first kappa shape index (κ1) is 84.9. The van der Waals surface area contributed by atoms with Crippen LogP contribution in [0.4, 0.5) is 0 Å². The maximum atomic E-state index is 12.2. The Kier molecular flexibility index (Phi) is 19.3. The Balaban J connectivity index is 0.0000000860. The van der Waals surface area contributed by atoms with Gasteiger partial charge in [0.05, 0.1) is 111 Å². The molecule has 24 atom stereocenters. The molecule has 5 saturated carbocycles. The third-order valence-electron chi connectivity index (χ3n) is 39.3. The molecule has 1 N–H and O–H groups in total. The highest BCUT2D eigenvalue weighted by molar-refractivity contribution is 5.68. The predicted octanol–water partition coefficient (Wildman–Crippen LogP) is 11.6. The molecule has 25 aliphatic rings. The Labute approximate surface area is 770 Å². The summed E-state index contributed by atoms with van der Waals surface area (Å²) in [6.07, 6.45) is 21.7. The van der Waals surface area contributed by atoms with E-state index in [0.29, 0.717) is 93.7 Å². The van der Waals surface area contributed by atoms with Gasteiger partial charge in [-0.2, -0.15) is 0 Å². The van der Waals surface area contributed by atoms with E-state index < -0.39 is 40.0 Å². The van der Waals surface area contributed by atoms with Crippen LogP contribution in [0.3, 0.4) is 0 Å². The van der Waals surface area contributed by atoms with Gasteiger partial charge in [-0.3, -0.25) is 0 Å². The number of piperidine rings is 5. The maximum absolute atomic E-state index is 12.2. The second-order valence-electron chi connectivity index (χ2n) is 44.0. The van der Waals surface area contributed by atoms with Gasteiger partial charge in [0, 0.05) is 112 Å². The van der Waals surface area contributed by atoms with Crippen molar-refractivity contribution >= 4 is 0 Å². The van der Waals surface area contributed by atoms with Crippen LogP contribution in [0, 0.1) is 23.7 Å². The number of methoxy groups -OCH3 is 5. The summed E-state index contributed by atoms with van der Waals surface area (Å²) < 4.78 is 126. The van der Waals surface area contributed by atoms with Gasteiger partial charge in [-0.1, -0.05) is 30.3 Å². The van der Waals surface area contributed by atoms with Crippen LogP contribution in [0.15, 0.2) is 60.7 Å². The number of likely N-dealkylation sites (N-methyl/N-ethyl adjacent to an activating group) is 5. The molecule has 30 rings (SSSR count). The second-order valence-corrected chi connectivity index (χ2v) is 44.0. The predicted molar refractivity (Wildman–Crippen MR) is 480 cm³/mol. The Bertz CT molecular complexity index is 5280. The first-order valence-electron chi connectivity index (χ1n) is 50.1. The fourth-order valence-electron chi connectivity index (χ4n) is 33.9. The fourth-order valence-corrected chi connectivity index (χ4v) is 33.9. The summed E-state index contributed by atoms with van der Waals surface area (Å²) in [6, 6.07) is 23.9. The van der Waals surface area contributed by atoms with Crippen LogP contribution < -0.4 is 47.4 Å². The van der Waals surface area contributed by atoms with E-state index in [1.165, 1.54) is 50.1 Å². The summed E-state index contributed by atoms with van der Waals surface area (Å²) in [7, 11) is 19.9. The molecule has 0 radical (unpaired) electrons. The molecule has 706 valence electrons. The molecule has 10 saturated heterocycles. The number of hydrogen-bond donors (Lipinski definition) is 1. The number of likely N-dealkylation sites (tertiary alicyclic amines) is 5. The zero-order valence-electron chi connectivity index (χ0n) is 79.0. The van der Waals surface area contributed by atoms with E-state index in [1.807, 2.05) is 6.07 Å². The summed E-state index contributed by atoms with van der Waals surface area (Å²) in [4.78, 5) is 12.6. The Morgan fingerprint density at radius 2 is 0.626 bits per heavy atom. The molecule has 9 unspecified atom stereocenters. The van der Waals surface area contributed by atoms with Crippen LogP contribution in [-0.4, -0.2) is 293 Å². The lowest BCUT2D eigenvalue weighted by Crippen LogP contribution is -2.79. The van der Waals surface area contributed by atoms with Gasteiger partial charge >= 0.3 is 0 Å². The SMILES string of the molecule is COc1ccc2c3c1O[C@H]1C4(CCC5(O)[C@@H](C2)N(C)CC[C@]315)OCCCO4.COc1ccc2c3c1O[C@H]1C4(CCC5[C@@H](C2)N(C)CC[C@@]351)OC(C)C(C)O4.COc1ccc2c3c1O[C@H]1C4(CCC5[C@@H](C2)N(C)CC[C@@]351)OCC(C)O4.COc1ccc2c3c1O[C@H]1C4(CCC5[C@@H](C2)N(C)CC[C@@]351)OCCCO4.COc1ccc2c3c1O[C@H]1C4(CCC5[C@@H](C2)N(C)CC[C@@]351)OCCO4. The van der Waals surface area contributed by atoms with Crippen LogP contribution >= 0.6 is 0 Å². The maximum Gasteiger partial charge on any atom is 0.207 e. The highest BCUT2D eigenvalue weighted by Crippen LogP contribution is 2.74. The van der Waals surface area contributed by atoms with Crippen LogP contribution in [-0.2, 0) is 107 Å². The summed E-state index contributed by atoms with van der Waals surface area (Å²) in [5.74, 6) is 7.99. The van der Waals surface area contributed by atoms with E-state index in [-0.39, 0.29) is 76.5 Å². The third-order valence-corrected chi connectivity index (χ3v) is 39.3. The molecular weight excluding hydrogens is 1670 g/mol. The fraction of sp³-hybridized carbons (Fsp3) is 0.714. The van der Waals surface area contributed by atoms with Crippen molar-refractivity contribution in [3.8, 4) is 57.5 Å². The summed E-state index contributed by atoms with van der Waals surface area (Å²) in [6.45, 7) is 16.6. The van der Waals surface area contributed by atoms with E-state index in [0.717, 1.165) is 237 Å². The van der Waals surface area contributed by atoms with Gasteiger partial charge in [0.15, 0.2) is 88.0 Å². The van der Waals surface area contributed by atoms with Crippen molar-refractivity contribution in [3.05, 3.63) is 116 Å². The summed E-state index contributed by atoms with van der Waals surface area (Å²) >= 11 is 0. The molecular formula is C105H135N5O21. The number of rotatable bonds is 5. The van der Waals surface area contributed by atoms with Crippen molar-refractivity contribution in [2.75, 3.05) is 150 Å². The largest absolute Gasteiger partial charge is 0.493 e. The zero-order chi connectivity index (χ0) is 89.0. The van der Waals surface area contributed by atoms with Crippen LogP contribution in [0.5, 0.6) is 57.5 Å². The average Bonchev–Trinajstić information content (AvgIpc) is 1.06. The van der Waals surface area contributed by atoms with Gasteiger partial charge in [0.1, 0.15) is 0 Å². The van der Waals surface area contributed by atoms with Gasteiger partial charge in [0.2, 0.25) is 28.9 Å². The second kappa shape index (κ2) is 29.8. The lowest BCUT2D eigenvalue weighted by molar-refractivity contribution is -0.350. The van der Waals surface area contributed by atoms with Crippen molar-refractivity contribution in [1.82, 2.24) is 24.5 Å². The van der Waals surface area contributed by atoms with Gasteiger partial charge in [-0.05, 0) is 280 Å². The minimum Gasteiger partial charge on any atom is -0.493 e. The molecule has 10 bridgehead atoms. The molecule has 131 heavy (non-hydrogen) atoms. The minimum atomic E-state index is -0.843. The topological polar surface area (TPSA) is 221 Å². The monoisotopic (exact) mass is 1800 g/mol. The van der Waals surface area contributed by atoms with Crippen molar-refractivity contribution in [1.29, 1.82) is 0 Å². The van der Waals surface area contributed by atoms with Gasteiger partial charge < -0.3 is 124 Å². The molecule has 5 aromatic rings. The molecule has 26 heteroatoms. The molecule has 0 amide bonds. The number of hydrogen-bond acceptors (Lipinski definition) is 26. The number of nitrogens with zero attached hydrogens (tertiary/aromatic N) is 5. The average molecular weight is 1800 g/mol. The highest BCUT2D eigenvalue weighted by atomic mass is 16.8.